The van der Waals surface area contributed by atoms with Crippen molar-refractivity contribution >= 4 is 17.4 Å². The number of benzene rings is 1. The molecule has 114 valence electrons. The Morgan fingerprint density at radius 1 is 0.909 bits per heavy atom. The summed E-state index contributed by atoms with van der Waals surface area (Å²) < 4.78 is 0. The summed E-state index contributed by atoms with van der Waals surface area (Å²) >= 11 is 6.03. The molecular formula is C18H20ClN3. The van der Waals surface area contributed by atoms with Gasteiger partial charge in [0.25, 0.3) is 0 Å². The quantitative estimate of drug-likeness (QED) is 0.766. The third kappa shape index (κ3) is 2.13. The second kappa shape index (κ2) is 4.64. The number of azo groups is 1. The molecule has 22 heavy (non-hydrogen) atoms. The third-order valence-electron chi connectivity index (χ3n) is 5.69. The lowest BCUT2D eigenvalue weighted by molar-refractivity contribution is 0.417. The van der Waals surface area contributed by atoms with Gasteiger partial charge in [-0.25, -0.2) is 0 Å². The van der Waals surface area contributed by atoms with E-state index in [1.54, 1.807) is 0 Å². The third-order valence-corrected chi connectivity index (χ3v) is 5.94. The minimum atomic E-state index is 0.0236. The van der Waals surface area contributed by atoms with Crippen molar-refractivity contribution in [3.8, 4) is 0 Å². The van der Waals surface area contributed by atoms with E-state index in [0.717, 1.165) is 35.5 Å². The Kier molecular flexibility index (Phi) is 2.79. The summed E-state index contributed by atoms with van der Waals surface area (Å²) in [7, 11) is 0. The zero-order chi connectivity index (χ0) is 14.7. The van der Waals surface area contributed by atoms with E-state index in [1.807, 2.05) is 12.1 Å². The number of hydrogen-bond donors (Lipinski definition) is 0. The van der Waals surface area contributed by atoms with E-state index in [2.05, 4.69) is 17.2 Å². The van der Waals surface area contributed by atoms with Gasteiger partial charge in [0.1, 0.15) is 0 Å². The van der Waals surface area contributed by atoms with Crippen molar-refractivity contribution in [2.45, 2.75) is 56.0 Å². The minimum Gasteiger partial charge on any atom is -0.262 e. The average Bonchev–Trinajstić information content (AvgIpc) is 3.41. The second-order valence-corrected chi connectivity index (χ2v) is 7.85. The van der Waals surface area contributed by atoms with Gasteiger partial charge in [0, 0.05) is 5.02 Å². The molecule has 4 heteroatoms. The molecule has 1 aliphatic heterocycles. The van der Waals surface area contributed by atoms with Crippen LogP contribution < -0.4 is 0 Å². The Labute approximate surface area is 135 Å². The lowest BCUT2D eigenvalue weighted by Gasteiger charge is -2.26. The molecule has 3 saturated carbocycles. The largest absolute Gasteiger partial charge is 0.262 e. The van der Waals surface area contributed by atoms with Gasteiger partial charge in [-0.3, -0.25) is 4.99 Å². The summed E-state index contributed by atoms with van der Waals surface area (Å²) in [4.78, 5) is 5.14. The first-order chi connectivity index (χ1) is 10.8. The van der Waals surface area contributed by atoms with Crippen molar-refractivity contribution in [3.05, 3.63) is 34.9 Å². The van der Waals surface area contributed by atoms with Crippen molar-refractivity contribution < 1.29 is 0 Å². The van der Waals surface area contributed by atoms with E-state index in [0.29, 0.717) is 12.1 Å². The number of hydrogen-bond acceptors (Lipinski definition) is 3. The fraction of sp³-hybridized carbons (Fsp3) is 0.611. The fourth-order valence-corrected chi connectivity index (χ4v) is 3.95. The first kappa shape index (κ1) is 13.2. The summed E-state index contributed by atoms with van der Waals surface area (Å²) in [6, 6.07) is 8.99. The molecule has 1 aromatic carbocycles. The summed E-state index contributed by atoms with van der Waals surface area (Å²) in [5, 5.41) is 10.1. The second-order valence-electron chi connectivity index (χ2n) is 7.41. The van der Waals surface area contributed by atoms with Gasteiger partial charge in [0.15, 0.2) is 5.84 Å². The van der Waals surface area contributed by atoms with Gasteiger partial charge < -0.3 is 0 Å². The van der Waals surface area contributed by atoms with Gasteiger partial charge in [-0.2, -0.15) is 5.11 Å². The summed E-state index contributed by atoms with van der Waals surface area (Å²) in [6.45, 7) is 0. The molecular weight excluding hydrogens is 294 g/mol. The average molecular weight is 314 g/mol. The van der Waals surface area contributed by atoms with Crippen LogP contribution in [-0.2, 0) is 5.41 Å². The van der Waals surface area contributed by atoms with E-state index in [9.17, 15) is 0 Å². The summed E-state index contributed by atoms with van der Waals surface area (Å²) in [5.74, 6) is 2.51. The first-order valence-corrected chi connectivity index (χ1v) is 8.89. The summed E-state index contributed by atoms with van der Waals surface area (Å²) in [5.41, 5.74) is 1.32. The molecule has 3 nitrogen and oxygen atoms in total. The Morgan fingerprint density at radius 2 is 1.55 bits per heavy atom. The molecule has 0 N–H and O–H groups in total. The van der Waals surface area contributed by atoms with Crippen LogP contribution in [0.2, 0.25) is 5.02 Å². The minimum absolute atomic E-state index is 0.0236. The van der Waals surface area contributed by atoms with Crippen LogP contribution >= 0.6 is 11.6 Å². The van der Waals surface area contributed by atoms with Crippen molar-refractivity contribution in [2.24, 2.45) is 27.1 Å². The molecule has 0 amide bonds. The van der Waals surface area contributed by atoms with Crippen LogP contribution in [0.5, 0.6) is 0 Å². The van der Waals surface area contributed by atoms with E-state index < -0.39 is 0 Å². The van der Waals surface area contributed by atoms with Gasteiger partial charge in [0.05, 0.1) is 17.5 Å². The van der Waals surface area contributed by atoms with Crippen molar-refractivity contribution in [1.82, 2.24) is 0 Å². The molecule has 0 radical (unpaired) electrons. The number of halogens is 1. The van der Waals surface area contributed by atoms with Crippen molar-refractivity contribution in [2.75, 3.05) is 0 Å². The molecule has 2 atom stereocenters. The molecule has 1 aromatic rings. The zero-order valence-corrected chi connectivity index (χ0v) is 13.3. The number of aliphatic imine (C=N–C) groups is 1. The summed E-state index contributed by atoms with van der Waals surface area (Å²) in [6.07, 6.45) is 7.57. The van der Waals surface area contributed by atoms with Gasteiger partial charge in [-0.1, -0.05) is 23.7 Å². The van der Waals surface area contributed by atoms with E-state index in [4.69, 9.17) is 21.7 Å². The Balaban J connectivity index is 1.48. The van der Waals surface area contributed by atoms with E-state index >= 15 is 0 Å². The highest BCUT2D eigenvalue weighted by molar-refractivity contribution is 6.30. The van der Waals surface area contributed by atoms with Crippen LogP contribution in [0.15, 0.2) is 39.5 Å². The highest BCUT2D eigenvalue weighted by Gasteiger charge is 2.53. The topological polar surface area (TPSA) is 37.1 Å². The highest BCUT2D eigenvalue weighted by Crippen LogP contribution is 2.53. The Bertz CT molecular complexity index is 651. The molecule has 5 rings (SSSR count). The van der Waals surface area contributed by atoms with Crippen LogP contribution in [0.1, 0.15) is 44.1 Å². The molecule has 3 aliphatic carbocycles. The van der Waals surface area contributed by atoms with E-state index in [-0.39, 0.29) is 5.41 Å². The maximum atomic E-state index is 6.03. The van der Waals surface area contributed by atoms with Gasteiger partial charge in [-0.05, 0) is 68.1 Å². The highest BCUT2D eigenvalue weighted by atomic mass is 35.5. The number of rotatable bonds is 4. The van der Waals surface area contributed by atoms with Crippen molar-refractivity contribution in [3.63, 3.8) is 0 Å². The normalized spacial score (nSPS) is 32.7. The van der Waals surface area contributed by atoms with Crippen LogP contribution in [-0.4, -0.2) is 17.9 Å². The monoisotopic (exact) mass is 313 g/mol. The SMILES string of the molecule is Clc1ccc(C2(C3=NC(C4CC4)C(C4CC4)N=N3)CC2)cc1. The first-order valence-electron chi connectivity index (χ1n) is 8.51. The van der Waals surface area contributed by atoms with E-state index in [1.165, 1.54) is 31.2 Å². The van der Waals surface area contributed by atoms with Crippen LogP contribution in [0.4, 0.5) is 0 Å². The predicted octanol–water partition coefficient (Wildman–Crippen LogP) is 4.79. The molecule has 2 unspecified atom stereocenters. The number of nitrogens with zero attached hydrogens (tertiary/aromatic N) is 3. The molecule has 0 aromatic heterocycles. The number of amidine groups is 1. The van der Waals surface area contributed by atoms with Gasteiger partial charge in [-0.15, -0.1) is 5.11 Å². The standard InChI is InChI=1S/C18H20ClN3/c19-14-7-5-13(6-8-14)18(9-10-18)17-20-15(11-1-2-11)16(21-22-17)12-3-4-12/h5-8,11-12,15-16H,1-4,9-10H2. The van der Waals surface area contributed by atoms with Crippen LogP contribution in [0.3, 0.4) is 0 Å². The zero-order valence-electron chi connectivity index (χ0n) is 12.6. The molecule has 4 aliphatic rings. The molecule has 1 heterocycles. The Morgan fingerprint density at radius 3 is 2.14 bits per heavy atom. The molecule has 3 fully saturated rings. The molecule has 0 spiro atoms. The van der Waals surface area contributed by atoms with Gasteiger partial charge >= 0.3 is 0 Å². The maximum absolute atomic E-state index is 6.03. The van der Waals surface area contributed by atoms with Crippen LogP contribution in [0.25, 0.3) is 0 Å². The lowest BCUT2D eigenvalue weighted by atomic mass is 9.93. The van der Waals surface area contributed by atoms with Gasteiger partial charge in [0.2, 0.25) is 0 Å². The smallest absolute Gasteiger partial charge is 0.156 e. The molecule has 0 saturated heterocycles. The predicted molar refractivity (Wildman–Crippen MR) is 87.7 cm³/mol. The van der Waals surface area contributed by atoms with Crippen LogP contribution in [0, 0.1) is 11.8 Å². The van der Waals surface area contributed by atoms with Crippen molar-refractivity contribution in [1.29, 1.82) is 0 Å². The fourth-order valence-electron chi connectivity index (χ4n) is 3.82. The Hall–Kier alpha value is -1.22. The molecule has 0 bridgehead atoms. The lowest BCUT2D eigenvalue weighted by Crippen LogP contribution is -2.34. The maximum Gasteiger partial charge on any atom is 0.156 e.